The van der Waals surface area contributed by atoms with E-state index in [-0.39, 0.29) is 0 Å². The normalized spacial score (nSPS) is 12.9. The Morgan fingerprint density at radius 2 is 1.96 bits per heavy atom. The number of benzene rings is 1. The molecule has 0 bridgehead atoms. The molecule has 132 valence electrons. The summed E-state index contributed by atoms with van der Waals surface area (Å²) in [6, 6.07) is 12.3. The molecule has 24 heavy (non-hydrogen) atoms. The molecule has 4 heteroatoms. The van der Waals surface area contributed by atoms with Crippen molar-refractivity contribution in [2.75, 3.05) is 19.8 Å². The molecule has 2 rings (SSSR count). The smallest absolute Gasteiger partial charge is 0.117 e. The van der Waals surface area contributed by atoms with E-state index >= 15 is 0 Å². The van der Waals surface area contributed by atoms with Crippen molar-refractivity contribution in [1.29, 1.82) is 0 Å². The maximum absolute atomic E-state index is 10.3. The van der Waals surface area contributed by atoms with Crippen LogP contribution in [-0.2, 0) is 17.8 Å². The van der Waals surface area contributed by atoms with Gasteiger partial charge in [-0.05, 0) is 30.5 Å². The lowest BCUT2D eigenvalue weighted by molar-refractivity contribution is 0.00460. The van der Waals surface area contributed by atoms with Gasteiger partial charge in [0.15, 0.2) is 0 Å². The average molecular weight is 331 g/mol. The first-order chi connectivity index (χ1) is 11.5. The van der Waals surface area contributed by atoms with E-state index < -0.39 is 6.10 Å². The number of aliphatic hydroxyl groups excluding tert-OH is 1. The summed E-state index contributed by atoms with van der Waals surface area (Å²) in [5.74, 6) is 1.38. The maximum Gasteiger partial charge on any atom is 0.117 e. The van der Waals surface area contributed by atoms with Crippen LogP contribution >= 0.6 is 0 Å². The first kappa shape index (κ1) is 18.7. The zero-order valence-corrected chi connectivity index (χ0v) is 14.9. The van der Waals surface area contributed by atoms with E-state index in [1.807, 2.05) is 12.1 Å². The summed E-state index contributed by atoms with van der Waals surface area (Å²) in [5, 5.41) is 10.3. The third-order valence-electron chi connectivity index (χ3n) is 3.68. The van der Waals surface area contributed by atoms with Crippen molar-refractivity contribution in [3.8, 4) is 0 Å². The summed E-state index contributed by atoms with van der Waals surface area (Å²) in [6.07, 6.45) is 1.17. The van der Waals surface area contributed by atoms with Crippen LogP contribution in [0.1, 0.15) is 30.7 Å². The van der Waals surface area contributed by atoms with Crippen LogP contribution in [0.4, 0.5) is 0 Å². The van der Waals surface area contributed by atoms with Gasteiger partial charge in [0.05, 0.1) is 25.5 Å². The molecule has 0 fully saturated rings. The van der Waals surface area contributed by atoms with Crippen molar-refractivity contribution in [2.45, 2.75) is 40.0 Å². The van der Waals surface area contributed by atoms with Crippen molar-refractivity contribution in [2.24, 2.45) is 5.92 Å². The van der Waals surface area contributed by atoms with Crippen molar-refractivity contribution in [3.05, 3.63) is 59.5 Å². The Labute approximate surface area is 145 Å². The summed E-state index contributed by atoms with van der Waals surface area (Å²) in [6.45, 7) is 9.32. The van der Waals surface area contributed by atoms with Gasteiger partial charge in [-0.2, -0.15) is 0 Å². The topological polar surface area (TPSA) is 45.8 Å². The first-order valence-electron chi connectivity index (χ1n) is 8.59. The molecular weight excluding hydrogens is 302 g/mol. The van der Waals surface area contributed by atoms with Crippen LogP contribution in [0.3, 0.4) is 0 Å². The van der Waals surface area contributed by atoms with Gasteiger partial charge in [0.25, 0.3) is 0 Å². The SMILES string of the molecule is Cc1cccc(CN(Cc2ccco2)C[C@@H](O)COCC(C)C)c1. The monoisotopic (exact) mass is 331 g/mol. The quantitative estimate of drug-likeness (QED) is 0.722. The second kappa shape index (κ2) is 9.62. The fourth-order valence-electron chi connectivity index (χ4n) is 2.67. The van der Waals surface area contributed by atoms with Crippen molar-refractivity contribution in [1.82, 2.24) is 4.90 Å². The molecule has 1 heterocycles. The van der Waals surface area contributed by atoms with Gasteiger partial charge < -0.3 is 14.3 Å². The predicted octanol–water partition coefficient (Wildman–Crippen LogP) is 3.62. The number of ether oxygens (including phenoxy) is 1. The minimum Gasteiger partial charge on any atom is -0.468 e. The van der Waals surface area contributed by atoms with Gasteiger partial charge in [0, 0.05) is 19.7 Å². The lowest BCUT2D eigenvalue weighted by Crippen LogP contribution is -2.34. The summed E-state index contributed by atoms with van der Waals surface area (Å²) in [4.78, 5) is 2.19. The van der Waals surface area contributed by atoms with E-state index in [1.165, 1.54) is 11.1 Å². The first-order valence-corrected chi connectivity index (χ1v) is 8.59. The van der Waals surface area contributed by atoms with Gasteiger partial charge in [-0.15, -0.1) is 0 Å². The molecule has 1 aromatic carbocycles. The number of aliphatic hydroxyl groups is 1. The Kier molecular flexibility index (Phi) is 7.50. The van der Waals surface area contributed by atoms with Crippen molar-refractivity contribution >= 4 is 0 Å². The van der Waals surface area contributed by atoms with Gasteiger partial charge in [-0.1, -0.05) is 43.7 Å². The molecule has 1 aromatic heterocycles. The molecule has 0 unspecified atom stereocenters. The largest absolute Gasteiger partial charge is 0.468 e. The molecule has 0 aliphatic carbocycles. The second-order valence-corrected chi connectivity index (χ2v) is 6.82. The van der Waals surface area contributed by atoms with E-state index in [0.717, 1.165) is 12.3 Å². The molecule has 0 spiro atoms. The number of hydrogen-bond acceptors (Lipinski definition) is 4. The number of aryl methyl sites for hydroxylation is 1. The molecule has 0 aliphatic rings. The molecule has 0 amide bonds. The highest BCUT2D eigenvalue weighted by atomic mass is 16.5. The van der Waals surface area contributed by atoms with E-state index in [4.69, 9.17) is 9.15 Å². The van der Waals surface area contributed by atoms with Crippen LogP contribution in [0, 0.1) is 12.8 Å². The number of nitrogens with zero attached hydrogens (tertiary/aromatic N) is 1. The zero-order chi connectivity index (χ0) is 17.4. The van der Waals surface area contributed by atoms with Crippen LogP contribution in [0.5, 0.6) is 0 Å². The molecule has 0 saturated heterocycles. The Morgan fingerprint density at radius 1 is 1.12 bits per heavy atom. The highest BCUT2D eigenvalue weighted by Crippen LogP contribution is 2.13. The molecule has 0 radical (unpaired) electrons. The molecule has 1 N–H and O–H groups in total. The molecule has 4 nitrogen and oxygen atoms in total. The Hall–Kier alpha value is -1.62. The van der Waals surface area contributed by atoms with Crippen molar-refractivity contribution < 1.29 is 14.3 Å². The minimum absolute atomic E-state index is 0.362. The fraction of sp³-hybridized carbons (Fsp3) is 0.500. The van der Waals surface area contributed by atoms with Crippen LogP contribution in [-0.4, -0.2) is 35.9 Å². The number of furan rings is 1. The Morgan fingerprint density at radius 3 is 2.62 bits per heavy atom. The molecular formula is C20H29NO3. The third kappa shape index (κ3) is 6.87. The van der Waals surface area contributed by atoms with Gasteiger partial charge >= 0.3 is 0 Å². The molecule has 1 atom stereocenters. The highest BCUT2D eigenvalue weighted by molar-refractivity contribution is 5.22. The second-order valence-electron chi connectivity index (χ2n) is 6.82. The highest BCUT2D eigenvalue weighted by Gasteiger charge is 2.15. The lowest BCUT2D eigenvalue weighted by atomic mass is 10.1. The fourth-order valence-corrected chi connectivity index (χ4v) is 2.67. The standard InChI is InChI=1S/C20H29NO3/c1-16(2)14-23-15-19(22)12-21(13-20-8-5-9-24-20)11-18-7-4-6-17(3)10-18/h4-10,16,19,22H,11-15H2,1-3H3/t19-/m1/s1. The average Bonchev–Trinajstić information content (AvgIpc) is 2.99. The van der Waals surface area contributed by atoms with E-state index in [0.29, 0.717) is 32.2 Å². The number of rotatable bonds is 10. The summed E-state index contributed by atoms with van der Waals surface area (Å²) in [5.41, 5.74) is 2.48. The van der Waals surface area contributed by atoms with Gasteiger partial charge in [0.1, 0.15) is 5.76 Å². The molecule has 2 aromatic rings. The Bertz CT molecular complexity index is 580. The maximum atomic E-state index is 10.3. The van der Waals surface area contributed by atoms with Crippen LogP contribution in [0.2, 0.25) is 0 Å². The van der Waals surface area contributed by atoms with Gasteiger partial charge in [-0.25, -0.2) is 0 Å². The molecule has 0 aliphatic heterocycles. The van der Waals surface area contributed by atoms with Crippen LogP contribution in [0.25, 0.3) is 0 Å². The third-order valence-corrected chi connectivity index (χ3v) is 3.68. The predicted molar refractivity (Wildman–Crippen MR) is 95.7 cm³/mol. The molecule has 0 saturated carbocycles. The minimum atomic E-state index is -0.511. The summed E-state index contributed by atoms with van der Waals surface area (Å²) < 4.78 is 11.0. The Balaban J connectivity index is 1.94. The van der Waals surface area contributed by atoms with Gasteiger partial charge in [-0.3, -0.25) is 4.90 Å². The van der Waals surface area contributed by atoms with Gasteiger partial charge in [0.2, 0.25) is 0 Å². The number of hydrogen-bond donors (Lipinski definition) is 1. The summed E-state index contributed by atoms with van der Waals surface area (Å²) >= 11 is 0. The zero-order valence-electron chi connectivity index (χ0n) is 14.9. The van der Waals surface area contributed by atoms with E-state index in [9.17, 15) is 5.11 Å². The van der Waals surface area contributed by atoms with Crippen LogP contribution < -0.4 is 0 Å². The summed E-state index contributed by atoms with van der Waals surface area (Å²) in [7, 11) is 0. The lowest BCUT2D eigenvalue weighted by Gasteiger charge is -2.24. The van der Waals surface area contributed by atoms with Crippen molar-refractivity contribution in [3.63, 3.8) is 0 Å². The van der Waals surface area contributed by atoms with E-state index in [2.05, 4.69) is 49.9 Å². The van der Waals surface area contributed by atoms with Crippen LogP contribution in [0.15, 0.2) is 47.1 Å². The van der Waals surface area contributed by atoms with E-state index in [1.54, 1.807) is 6.26 Å².